The second kappa shape index (κ2) is 3.60. The maximum atomic E-state index is 11.8. The molecule has 1 saturated heterocycles. The molecule has 86 valence electrons. The van der Waals surface area contributed by atoms with E-state index in [-0.39, 0.29) is 30.5 Å². The average Bonchev–Trinajstić information content (AvgIpc) is 2.54. The van der Waals surface area contributed by atoms with Crippen LogP contribution < -0.4 is 0 Å². The van der Waals surface area contributed by atoms with Crippen LogP contribution >= 0.6 is 0 Å². The minimum absolute atomic E-state index is 0.121. The molecule has 0 atom stereocenters. The molecule has 2 heterocycles. The van der Waals surface area contributed by atoms with Crippen LogP contribution in [0.2, 0.25) is 0 Å². The number of hydrogen-bond acceptors (Lipinski definition) is 4. The van der Waals surface area contributed by atoms with E-state index in [0.717, 1.165) is 0 Å². The minimum atomic E-state index is -0.540. The second-order valence-corrected chi connectivity index (χ2v) is 3.76. The Bertz CT molecular complexity index is 448. The zero-order valence-electron chi connectivity index (χ0n) is 8.66. The van der Waals surface area contributed by atoms with E-state index in [0.29, 0.717) is 0 Å². The zero-order chi connectivity index (χ0) is 11.9. The van der Waals surface area contributed by atoms with Crippen molar-refractivity contribution < 1.29 is 14.8 Å². The summed E-state index contributed by atoms with van der Waals surface area (Å²) in [7, 11) is 1.47. The molecule has 1 aliphatic heterocycles. The molecule has 0 aromatic carbocycles. The lowest BCUT2D eigenvalue weighted by atomic mass is 10.1. The van der Waals surface area contributed by atoms with Gasteiger partial charge in [-0.05, 0) is 11.0 Å². The molecule has 0 saturated carbocycles. The van der Waals surface area contributed by atoms with Gasteiger partial charge in [-0.25, -0.2) is 4.57 Å². The number of aliphatic hydroxyl groups is 1. The molecule has 2 rings (SSSR count). The predicted molar refractivity (Wildman–Crippen MR) is 54.0 cm³/mol. The van der Waals surface area contributed by atoms with Crippen LogP contribution in [-0.4, -0.2) is 44.6 Å². The Hall–Kier alpha value is -1.89. The smallest absolute Gasteiger partial charge is 0.323 e. The van der Waals surface area contributed by atoms with Gasteiger partial charge >= 0.3 is 5.82 Å². The topological polar surface area (TPSA) is 88.6 Å². The average molecular weight is 225 g/mol. The number of amides is 1. The molecule has 1 N–H and O–H groups in total. The van der Waals surface area contributed by atoms with Crippen LogP contribution in [0.15, 0.2) is 12.1 Å². The minimum Gasteiger partial charge on any atom is -0.389 e. The Balaban J connectivity index is 2.21. The highest BCUT2D eigenvalue weighted by Crippen LogP contribution is 2.19. The van der Waals surface area contributed by atoms with E-state index in [1.807, 2.05) is 0 Å². The van der Waals surface area contributed by atoms with Crippen LogP contribution in [0.1, 0.15) is 10.5 Å². The maximum Gasteiger partial charge on any atom is 0.323 e. The quantitative estimate of drug-likeness (QED) is 0.555. The summed E-state index contributed by atoms with van der Waals surface area (Å²) in [5.74, 6) is -0.412. The summed E-state index contributed by atoms with van der Waals surface area (Å²) < 4.78 is 1.24. The molecule has 16 heavy (non-hydrogen) atoms. The maximum absolute atomic E-state index is 11.8. The first-order valence-corrected chi connectivity index (χ1v) is 4.78. The lowest BCUT2D eigenvalue weighted by Crippen LogP contribution is -2.53. The molecule has 1 amide bonds. The Morgan fingerprint density at radius 1 is 1.56 bits per heavy atom. The summed E-state index contributed by atoms with van der Waals surface area (Å²) in [6, 6.07) is 2.72. The fraction of sp³-hybridized carbons (Fsp3) is 0.444. The van der Waals surface area contributed by atoms with Crippen molar-refractivity contribution in [2.75, 3.05) is 13.1 Å². The van der Waals surface area contributed by atoms with Crippen LogP contribution in [0.5, 0.6) is 0 Å². The lowest BCUT2D eigenvalue weighted by molar-refractivity contribution is -0.391. The van der Waals surface area contributed by atoms with E-state index in [1.165, 1.54) is 28.6 Å². The van der Waals surface area contributed by atoms with Gasteiger partial charge in [0, 0.05) is 19.2 Å². The molecule has 0 radical (unpaired) electrons. The molecule has 0 aliphatic carbocycles. The van der Waals surface area contributed by atoms with Crippen molar-refractivity contribution in [3.8, 4) is 0 Å². The Kier molecular flexibility index (Phi) is 2.39. The van der Waals surface area contributed by atoms with Gasteiger partial charge in [0.1, 0.15) is 0 Å². The Morgan fingerprint density at radius 3 is 2.62 bits per heavy atom. The third-order valence-corrected chi connectivity index (χ3v) is 2.65. The number of carbonyl (C=O) groups is 1. The van der Waals surface area contributed by atoms with Gasteiger partial charge in [-0.1, -0.05) is 0 Å². The molecular formula is C9H11N3O4. The third-order valence-electron chi connectivity index (χ3n) is 2.65. The van der Waals surface area contributed by atoms with Gasteiger partial charge in [0.15, 0.2) is 5.69 Å². The lowest BCUT2D eigenvalue weighted by Gasteiger charge is -2.35. The molecule has 1 fully saturated rings. The van der Waals surface area contributed by atoms with Gasteiger partial charge in [0.25, 0.3) is 5.91 Å². The van der Waals surface area contributed by atoms with Gasteiger partial charge in [-0.2, -0.15) is 0 Å². The van der Waals surface area contributed by atoms with Crippen molar-refractivity contribution in [3.05, 3.63) is 27.9 Å². The van der Waals surface area contributed by atoms with E-state index < -0.39 is 11.0 Å². The van der Waals surface area contributed by atoms with Crippen molar-refractivity contribution >= 4 is 11.7 Å². The summed E-state index contributed by atoms with van der Waals surface area (Å²) in [5.41, 5.74) is 0.263. The van der Waals surface area contributed by atoms with Crippen molar-refractivity contribution in [2.45, 2.75) is 6.10 Å². The summed E-state index contributed by atoms with van der Waals surface area (Å²) in [5, 5.41) is 19.7. The van der Waals surface area contributed by atoms with Crippen LogP contribution in [0.25, 0.3) is 0 Å². The van der Waals surface area contributed by atoms with E-state index in [1.54, 1.807) is 0 Å². The first-order valence-electron chi connectivity index (χ1n) is 4.78. The van der Waals surface area contributed by atoms with E-state index in [4.69, 9.17) is 5.11 Å². The van der Waals surface area contributed by atoms with Gasteiger partial charge in [0.2, 0.25) is 0 Å². The van der Waals surface area contributed by atoms with Crippen molar-refractivity contribution in [3.63, 3.8) is 0 Å². The molecule has 1 aromatic rings. The molecule has 0 unspecified atom stereocenters. The van der Waals surface area contributed by atoms with E-state index in [2.05, 4.69) is 0 Å². The first kappa shape index (κ1) is 10.6. The Morgan fingerprint density at radius 2 is 2.19 bits per heavy atom. The summed E-state index contributed by atoms with van der Waals surface area (Å²) >= 11 is 0. The van der Waals surface area contributed by atoms with Crippen molar-refractivity contribution in [1.29, 1.82) is 0 Å². The summed E-state index contributed by atoms with van der Waals surface area (Å²) in [6.45, 7) is 0.579. The standard InChI is InChI=1S/C9H11N3O4/c1-10-7(2-3-8(10)12(15)16)9(14)11-4-6(13)5-11/h2-3,6,13H,4-5H2,1H3. The fourth-order valence-electron chi connectivity index (χ4n) is 1.68. The highest BCUT2D eigenvalue weighted by Gasteiger charge is 2.33. The molecule has 7 heteroatoms. The monoisotopic (exact) mass is 225 g/mol. The fourth-order valence-corrected chi connectivity index (χ4v) is 1.68. The number of β-amino-alcohol motifs (C(OH)–C–C–N with tert-alkyl or cyclic N) is 1. The van der Waals surface area contributed by atoms with Gasteiger partial charge < -0.3 is 20.1 Å². The van der Waals surface area contributed by atoms with Crippen molar-refractivity contribution in [2.24, 2.45) is 7.05 Å². The number of likely N-dealkylation sites (tertiary alicyclic amines) is 1. The predicted octanol–water partition coefficient (Wildman–Crippen LogP) is -0.250. The van der Waals surface area contributed by atoms with E-state index in [9.17, 15) is 14.9 Å². The molecular weight excluding hydrogens is 214 g/mol. The van der Waals surface area contributed by atoms with Gasteiger partial charge in [-0.15, -0.1) is 0 Å². The molecule has 7 nitrogen and oxygen atoms in total. The number of rotatable bonds is 2. The van der Waals surface area contributed by atoms with Gasteiger partial charge in [0.05, 0.1) is 13.2 Å². The molecule has 1 aliphatic rings. The van der Waals surface area contributed by atoms with Crippen LogP contribution in [0.4, 0.5) is 5.82 Å². The molecule has 1 aromatic heterocycles. The molecule has 0 spiro atoms. The highest BCUT2D eigenvalue weighted by molar-refractivity contribution is 5.93. The van der Waals surface area contributed by atoms with Crippen LogP contribution in [-0.2, 0) is 7.05 Å². The number of nitro groups is 1. The van der Waals surface area contributed by atoms with Crippen LogP contribution in [0.3, 0.4) is 0 Å². The number of aliphatic hydroxyl groups excluding tert-OH is 1. The Labute approximate surface area is 91.0 Å². The largest absolute Gasteiger partial charge is 0.389 e. The first-order chi connectivity index (χ1) is 7.50. The number of aromatic nitrogens is 1. The number of hydrogen-bond donors (Lipinski definition) is 1. The number of nitrogens with zero attached hydrogens (tertiary/aromatic N) is 3. The second-order valence-electron chi connectivity index (χ2n) is 3.76. The normalized spacial score (nSPS) is 16.0. The SMILES string of the molecule is Cn1c(C(=O)N2CC(O)C2)ccc1[N+](=O)[O-]. The molecule has 0 bridgehead atoms. The number of carbonyl (C=O) groups excluding carboxylic acids is 1. The van der Waals surface area contributed by atoms with Crippen molar-refractivity contribution in [1.82, 2.24) is 9.47 Å². The van der Waals surface area contributed by atoms with Crippen LogP contribution in [0, 0.1) is 10.1 Å². The summed E-state index contributed by atoms with van der Waals surface area (Å²) in [4.78, 5) is 23.3. The zero-order valence-corrected chi connectivity index (χ0v) is 8.66. The van der Waals surface area contributed by atoms with Gasteiger partial charge in [-0.3, -0.25) is 4.79 Å². The summed E-state index contributed by atoms with van der Waals surface area (Å²) in [6.07, 6.45) is -0.473. The van der Waals surface area contributed by atoms with E-state index >= 15 is 0 Å². The highest BCUT2D eigenvalue weighted by atomic mass is 16.6. The third kappa shape index (κ3) is 1.54.